The van der Waals surface area contributed by atoms with E-state index < -0.39 is 0 Å². The van der Waals surface area contributed by atoms with Crippen LogP contribution in [0, 0.1) is 0 Å². The Bertz CT molecular complexity index is 536. The molecule has 1 heterocycles. The number of hydrogen-bond acceptors (Lipinski definition) is 6. The summed E-state index contributed by atoms with van der Waals surface area (Å²) < 4.78 is 4.64. The summed E-state index contributed by atoms with van der Waals surface area (Å²) in [7, 11) is 0. The Hall–Kier alpha value is -2.31. The normalized spacial score (nSPS) is 10.6. The highest BCUT2D eigenvalue weighted by atomic mass is 16.6. The summed E-state index contributed by atoms with van der Waals surface area (Å²) in [4.78, 5) is 10.6. The molecule has 0 radical (unpaired) electrons. The molecule has 1 aromatic heterocycles. The molecule has 1 amide bonds. The molecule has 2 aromatic rings. The lowest BCUT2D eigenvalue weighted by molar-refractivity contribution is -0.118. The number of nitrogens with two attached hydrogens (primary N) is 2. The molecular formula is C10H13N5O2. The number of nitrogens with one attached hydrogen (secondary N) is 1. The zero-order valence-electron chi connectivity index (χ0n) is 9.14. The van der Waals surface area contributed by atoms with Gasteiger partial charge in [0.2, 0.25) is 5.91 Å². The van der Waals surface area contributed by atoms with E-state index in [1.54, 1.807) is 12.1 Å². The summed E-state index contributed by atoms with van der Waals surface area (Å²) in [6.45, 7) is 0.620. The number of aromatic nitrogens is 2. The first-order valence-corrected chi connectivity index (χ1v) is 5.21. The molecule has 90 valence electrons. The average Bonchev–Trinajstić information content (AvgIpc) is 2.76. The molecule has 0 spiro atoms. The third-order valence-electron chi connectivity index (χ3n) is 2.36. The van der Waals surface area contributed by atoms with Gasteiger partial charge >= 0.3 is 0 Å². The molecule has 0 fully saturated rings. The lowest BCUT2D eigenvalue weighted by Crippen LogP contribution is -2.12. The Balaban J connectivity index is 2.06. The van der Waals surface area contributed by atoms with E-state index in [1.165, 1.54) is 0 Å². The van der Waals surface area contributed by atoms with Crippen LogP contribution in [0.4, 0.5) is 11.4 Å². The molecule has 7 heteroatoms. The number of carbonyl (C=O) groups excluding carboxylic acids is 1. The topological polar surface area (TPSA) is 120 Å². The van der Waals surface area contributed by atoms with Crippen molar-refractivity contribution < 1.29 is 9.42 Å². The van der Waals surface area contributed by atoms with Crippen molar-refractivity contribution in [2.75, 3.05) is 17.6 Å². The maximum absolute atomic E-state index is 10.6. The first-order valence-electron chi connectivity index (χ1n) is 5.21. The van der Waals surface area contributed by atoms with Gasteiger partial charge in [-0.15, -0.1) is 0 Å². The smallest absolute Gasteiger partial charge is 0.217 e. The molecule has 1 aromatic carbocycles. The Labute approximate surface area is 97.1 Å². The standard InChI is InChI=1S/C10H13N5O2/c11-6-3-4-7(10-9(6)14-17-15-10)13-5-1-2-8(12)16/h3-4,13H,1-2,5,11H2,(H2,12,16). The molecule has 0 aliphatic rings. The van der Waals surface area contributed by atoms with Gasteiger partial charge in [-0.3, -0.25) is 4.79 Å². The van der Waals surface area contributed by atoms with Crippen molar-refractivity contribution in [3.05, 3.63) is 12.1 Å². The fraction of sp³-hybridized carbons (Fsp3) is 0.300. The molecule has 2 rings (SSSR count). The van der Waals surface area contributed by atoms with E-state index in [0.717, 1.165) is 5.69 Å². The van der Waals surface area contributed by atoms with Crippen LogP contribution in [0.5, 0.6) is 0 Å². The van der Waals surface area contributed by atoms with E-state index >= 15 is 0 Å². The number of nitrogens with zero attached hydrogens (tertiary/aromatic N) is 2. The number of anilines is 2. The van der Waals surface area contributed by atoms with Gasteiger partial charge in [-0.1, -0.05) is 0 Å². The van der Waals surface area contributed by atoms with E-state index in [9.17, 15) is 4.79 Å². The van der Waals surface area contributed by atoms with Crippen molar-refractivity contribution in [2.45, 2.75) is 12.8 Å². The summed E-state index contributed by atoms with van der Waals surface area (Å²) in [5, 5.41) is 10.6. The van der Waals surface area contributed by atoms with Crippen molar-refractivity contribution >= 4 is 28.3 Å². The predicted molar refractivity (Wildman–Crippen MR) is 63.1 cm³/mol. The maximum Gasteiger partial charge on any atom is 0.217 e. The van der Waals surface area contributed by atoms with Gasteiger partial charge in [0.1, 0.15) is 0 Å². The van der Waals surface area contributed by atoms with Crippen LogP contribution in [0.3, 0.4) is 0 Å². The largest absolute Gasteiger partial charge is 0.397 e. The fourth-order valence-corrected chi connectivity index (χ4v) is 1.51. The maximum atomic E-state index is 10.6. The molecule has 0 saturated heterocycles. The van der Waals surface area contributed by atoms with Crippen LogP contribution in [0.1, 0.15) is 12.8 Å². The van der Waals surface area contributed by atoms with E-state index in [2.05, 4.69) is 20.3 Å². The Morgan fingerprint density at radius 2 is 2.12 bits per heavy atom. The molecular weight excluding hydrogens is 222 g/mol. The molecule has 0 aliphatic heterocycles. The molecule has 17 heavy (non-hydrogen) atoms. The van der Waals surface area contributed by atoms with E-state index in [1.807, 2.05) is 0 Å². The SMILES string of the molecule is NC(=O)CCCNc1ccc(N)c2nonc12. The minimum Gasteiger partial charge on any atom is -0.397 e. The molecule has 0 atom stereocenters. The van der Waals surface area contributed by atoms with Crippen molar-refractivity contribution in [1.29, 1.82) is 0 Å². The first-order chi connectivity index (χ1) is 8.18. The van der Waals surface area contributed by atoms with Crippen LogP contribution in [0.2, 0.25) is 0 Å². The highest BCUT2D eigenvalue weighted by molar-refractivity contribution is 5.94. The van der Waals surface area contributed by atoms with Gasteiger partial charge in [0.25, 0.3) is 0 Å². The number of rotatable bonds is 5. The molecule has 0 aliphatic carbocycles. The highest BCUT2D eigenvalue weighted by Crippen LogP contribution is 2.24. The summed E-state index contributed by atoms with van der Waals surface area (Å²) in [6.07, 6.45) is 1.01. The average molecular weight is 235 g/mol. The number of nitrogen functional groups attached to an aromatic ring is 1. The van der Waals surface area contributed by atoms with Gasteiger partial charge in [0, 0.05) is 13.0 Å². The van der Waals surface area contributed by atoms with Gasteiger partial charge in [-0.2, -0.15) is 0 Å². The van der Waals surface area contributed by atoms with Gasteiger partial charge in [-0.25, -0.2) is 4.63 Å². The van der Waals surface area contributed by atoms with Crippen molar-refractivity contribution in [1.82, 2.24) is 10.3 Å². The van der Waals surface area contributed by atoms with Crippen LogP contribution < -0.4 is 16.8 Å². The second-order valence-corrected chi connectivity index (χ2v) is 3.66. The fourth-order valence-electron chi connectivity index (χ4n) is 1.51. The minimum absolute atomic E-state index is 0.308. The number of fused-ring (bicyclic) bond motifs is 1. The molecule has 0 saturated carbocycles. The summed E-state index contributed by atoms with van der Waals surface area (Å²) in [6, 6.07) is 3.52. The molecule has 0 unspecified atom stereocenters. The van der Waals surface area contributed by atoms with Crippen molar-refractivity contribution in [2.24, 2.45) is 5.73 Å². The van der Waals surface area contributed by atoms with E-state index in [-0.39, 0.29) is 5.91 Å². The van der Waals surface area contributed by atoms with Crippen LogP contribution in [-0.4, -0.2) is 22.8 Å². The lowest BCUT2D eigenvalue weighted by Gasteiger charge is -2.05. The lowest BCUT2D eigenvalue weighted by atomic mass is 10.2. The zero-order chi connectivity index (χ0) is 12.3. The minimum atomic E-state index is -0.308. The van der Waals surface area contributed by atoms with Gasteiger partial charge in [-0.05, 0) is 28.9 Å². The third kappa shape index (κ3) is 2.44. The van der Waals surface area contributed by atoms with Crippen molar-refractivity contribution in [3.63, 3.8) is 0 Å². The second kappa shape index (κ2) is 4.69. The first kappa shape index (κ1) is 11.2. The van der Waals surface area contributed by atoms with E-state index in [0.29, 0.717) is 36.1 Å². The summed E-state index contributed by atoms with van der Waals surface area (Å²) >= 11 is 0. The third-order valence-corrected chi connectivity index (χ3v) is 2.36. The van der Waals surface area contributed by atoms with Gasteiger partial charge in [0.05, 0.1) is 11.4 Å². The molecule has 7 nitrogen and oxygen atoms in total. The predicted octanol–water partition coefficient (Wildman–Crippen LogP) is 0.482. The van der Waals surface area contributed by atoms with Crippen molar-refractivity contribution in [3.8, 4) is 0 Å². The number of primary amides is 1. The van der Waals surface area contributed by atoms with Gasteiger partial charge in [0.15, 0.2) is 11.0 Å². The number of benzene rings is 1. The number of amides is 1. The monoisotopic (exact) mass is 235 g/mol. The highest BCUT2D eigenvalue weighted by Gasteiger charge is 2.09. The second-order valence-electron chi connectivity index (χ2n) is 3.66. The molecule has 0 bridgehead atoms. The van der Waals surface area contributed by atoms with E-state index in [4.69, 9.17) is 11.5 Å². The quantitative estimate of drug-likeness (QED) is 0.512. The number of hydrogen-bond donors (Lipinski definition) is 3. The summed E-state index contributed by atoms with van der Waals surface area (Å²) in [5.41, 5.74) is 13.2. The van der Waals surface area contributed by atoms with Gasteiger partial charge < -0.3 is 16.8 Å². The van der Waals surface area contributed by atoms with Crippen LogP contribution >= 0.6 is 0 Å². The Morgan fingerprint density at radius 3 is 2.88 bits per heavy atom. The van der Waals surface area contributed by atoms with Crippen LogP contribution in [-0.2, 0) is 4.79 Å². The summed E-state index contributed by atoms with van der Waals surface area (Å²) in [5.74, 6) is -0.308. The molecule has 5 N–H and O–H groups in total. The Kier molecular flexibility index (Phi) is 3.08. The zero-order valence-corrected chi connectivity index (χ0v) is 9.14. The number of carbonyl (C=O) groups is 1. The Morgan fingerprint density at radius 1 is 1.35 bits per heavy atom. The van der Waals surface area contributed by atoms with Crippen LogP contribution in [0.25, 0.3) is 11.0 Å². The van der Waals surface area contributed by atoms with Crippen LogP contribution in [0.15, 0.2) is 16.8 Å².